The number of hydrogen-bond donors (Lipinski definition) is 1. The van der Waals surface area contributed by atoms with E-state index < -0.39 is 36.9 Å². The standard InChI is InChI=1S/C19H21F2N3O5/c1-11-4-2-3-5-14(11)24-17(27)16(26)23(19(24)28)10-15(25)22-12-6-8-13(9-7-12)29-18(20)21/h6-9,11,14,18H,2-5,10H2,1H3,(H,22,25)/t11-,14-/m0/s1. The molecule has 0 bridgehead atoms. The number of imide groups is 2. The van der Waals surface area contributed by atoms with Crippen molar-refractivity contribution in [2.75, 3.05) is 11.9 Å². The van der Waals surface area contributed by atoms with Gasteiger partial charge in [0, 0.05) is 11.7 Å². The lowest BCUT2D eigenvalue weighted by molar-refractivity contribution is -0.145. The molecular formula is C19H21F2N3O5. The Bertz CT molecular complexity index is 815. The predicted molar refractivity (Wildman–Crippen MR) is 97.1 cm³/mol. The van der Waals surface area contributed by atoms with Crippen molar-refractivity contribution in [1.29, 1.82) is 0 Å². The number of nitrogens with one attached hydrogen (secondary N) is 1. The molecule has 3 rings (SSSR count). The van der Waals surface area contributed by atoms with Crippen LogP contribution in [0.2, 0.25) is 0 Å². The fourth-order valence-electron chi connectivity index (χ4n) is 3.70. The van der Waals surface area contributed by atoms with Crippen LogP contribution < -0.4 is 10.1 Å². The molecule has 1 aromatic carbocycles. The van der Waals surface area contributed by atoms with Crippen LogP contribution in [0.4, 0.5) is 19.3 Å². The number of halogens is 2. The maximum Gasteiger partial charge on any atom is 0.387 e. The fraction of sp³-hybridized carbons (Fsp3) is 0.474. The SMILES string of the molecule is C[C@H]1CCCC[C@@H]1N1C(=O)C(=O)N(CC(=O)Nc2ccc(OC(F)F)cc2)C1=O. The molecule has 0 spiro atoms. The van der Waals surface area contributed by atoms with Crippen molar-refractivity contribution in [3.8, 4) is 5.75 Å². The molecule has 0 radical (unpaired) electrons. The molecule has 1 aliphatic heterocycles. The van der Waals surface area contributed by atoms with Gasteiger partial charge in [-0.1, -0.05) is 19.8 Å². The highest BCUT2D eigenvalue weighted by atomic mass is 19.3. The molecule has 0 unspecified atom stereocenters. The van der Waals surface area contributed by atoms with Crippen molar-refractivity contribution < 1.29 is 32.7 Å². The number of carbonyl (C=O) groups excluding carboxylic acids is 4. The van der Waals surface area contributed by atoms with Crippen molar-refractivity contribution in [2.45, 2.75) is 45.3 Å². The molecule has 1 aliphatic carbocycles. The zero-order valence-corrected chi connectivity index (χ0v) is 15.8. The molecule has 1 aromatic rings. The van der Waals surface area contributed by atoms with Crippen molar-refractivity contribution in [3.63, 3.8) is 0 Å². The molecule has 2 fully saturated rings. The molecule has 1 heterocycles. The number of nitrogens with zero attached hydrogens (tertiary/aromatic N) is 2. The molecule has 1 saturated carbocycles. The first kappa shape index (κ1) is 20.7. The first-order valence-corrected chi connectivity index (χ1v) is 9.31. The van der Waals surface area contributed by atoms with Gasteiger partial charge in [0.2, 0.25) is 5.91 Å². The van der Waals surface area contributed by atoms with Gasteiger partial charge in [-0.25, -0.2) is 9.69 Å². The summed E-state index contributed by atoms with van der Waals surface area (Å²) in [6.45, 7) is -1.64. The maximum absolute atomic E-state index is 12.6. The summed E-state index contributed by atoms with van der Waals surface area (Å²) in [5.41, 5.74) is 0.264. The van der Waals surface area contributed by atoms with E-state index in [1.807, 2.05) is 6.92 Å². The molecule has 10 heteroatoms. The Morgan fingerprint density at radius 3 is 2.41 bits per heavy atom. The van der Waals surface area contributed by atoms with Crippen LogP contribution in [-0.2, 0) is 14.4 Å². The van der Waals surface area contributed by atoms with Crippen LogP contribution in [0.1, 0.15) is 32.6 Å². The van der Waals surface area contributed by atoms with Gasteiger partial charge in [-0.2, -0.15) is 8.78 Å². The first-order valence-electron chi connectivity index (χ1n) is 9.31. The van der Waals surface area contributed by atoms with Crippen LogP contribution in [0, 0.1) is 5.92 Å². The minimum Gasteiger partial charge on any atom is -0.435 e. The number of benzene rings is 1. The topological polar surface area (TPSA) is 96.0 Å². The zero-order valence-electron chi connectivity index (χ0n) is 15.8. The molecule has 5 amide bonds. The molecule has 29 heavy (non-hydrogen) atoms. The highest BCUT2D eigenvalue weighted by Crippen LogP contribution is 2.31. The number of rotatable bonds is 6. The Kier molecular flexibility index (Phi) is 6.09. The third-order valence-corrected chi connectivity index (χ3v) is 5.15. The monoisotopic (exact) mass is 409 g/mol. The molecule has 1 N–H and O–H groups in total. The third-order valence-electron chi connectivity index (χ3n) is 5.15. The van der Waals surface area contributed by atoms with Crippen molar-refractivity contribution in [3.05, 3.63) is 24.3 Å². The minimum atomic E-state index is -2.96. The van der Waals surface area contributed by atoms with E-state index in [0.717, 1.165) is 24.2 Å². The molecule has 1 saturated heterocycles. The van der Waals surface area contributed by atoms with Gasteiger partial charge >= 0.3 is 24.5 Å². The van der Waals surface area contributed by atoms with E-state index in [1.165, 1.54) is 24.3 Å². The van der Waals surface area contributed by atoms with E-state index in [9.17, 15) is 28.0 Å². The van der Waals surface area contributed by atoms with Crippen molar-refractivity contribution in [2.24, 2.45) is 5.92 Å². The molecule has 2 aliphatic rings. The van der Waals surface area contributed by atoms with Crippen molar-refractivity contribution in [1.82, 2.24) is 9.80 Å². The van der Waals surface area contributed by atoms with Gasteiger partial charge in [-0.05, 0) is 43.0 Å². The Morgan fingerprint density at radius 2 is 1.79 bits per heavy atom. The van der Waals surface area contributed by atoms with Crippen LogP contribution in [0.25, 0.3) is 0 Å². The second kappa shape index (κ2) is 8.54. The zero-order chi connectivity index (χ0) is 21.1. The summed E-state index contributed by atoms with van der Waals surface area (Å²) in [4.78, 5) is 51.1. The minimum absolute atomic E-state index is 0.0780. The second-order valence-electron chi connectivity index (χ2n) is 7.13. The predicted octanol–water partition coefficient (Wildman–Crippen LogP) is 2.60. The number of hydrogen-bond acceptors (Lipinski definition) is 5. The van der Waals surface area contributed by atoms with E-state index >= 15 is 0 Å². The molecule has 8 nitrogen and oxygen atoms in total. The summed E-state index contributed by atoms with van der Waals surface area (Å²) in [5, 5.41) is 2.45. The molecule has 2 atom stereocenters. The van der Waals surface area contributed by atoms with Crippen LogP contribution in [0.15, 0.2) is 24.3 Å². The summed E-state index contributed by atoms with van der Waals surface area (Å²) in [7, 11) is 0. The van der Waals surface area contributed by atoms with Crippen LogP contribution in [0.3, 0.4) is 0 Å². The fourth-order valence-corrected chi connectivity index (χ4v) is 3.70. The first-order chi connectivity index (χ1) is 13.8. The van der Waals surface area contributed by atoms with Crippen LogP contribution in [-0.4, -0.2) is 52.8 Å². The van der Waals surface area contributed by atoms with E-state index in [4.69, 9.17) is 0 Å². The van der Waals surface area contributed by atoms with E-state index in [1.54, 1.807) is 0 Å². The number of amides is 5. The van der Waals surface area contributed by atoms with Crippen LogP contribution in [0.5, 0.6) is 5.75 Å². The van der Waals surface area contributed by atoms with Crippen LogP contribution >= 0.6 is 0 Å². The summed E-state index contributed by atoms with van der Waals surface area (Å²) < 4.78 is 28.5. The summed E-state index contributed by atoms with van der Waals surface area (Å²) in [6.07, 6.45) is 3.38. The quantitative estimate of drug-likeness (QED) is 0.576. The lowest BCUT2D eigenvalue weighted by atomic mass is 9.85. The third kappa shape index (κ3) is 4.52. The Hall–Kier alpha value is -3.04. The van der Waals surface area contributed by atoms with Crippen molar-refractivity contribution >= 4 is 29.4 Å². The molecule has 0 aromatic heterocycles. The number of alkyl halides is 2. The van der Waals surface area contributed by atoms with Gasteiger partial charge in [-0.3, -0.25) is 19.3 Å². The van der Waals surface area contributed by atoms with Gasteiger partial charge < -0.3 is 10.1 Å². The normalized spacial score (nSPS) is 22.4. The van der Waals surface area contributed by atoms with E-state index in [0.29, 0.717) is 11.3 Å². The Morgan fingerprint density at radius 1 is 1.14 bits per heavy atom. The molecular weight excluding hydrogens is 388 g/mol. The number of ether oxygens (including phenoxy) is 1. The second-order valence-corrected chi connectivity index (χ2v) is 7.13. The highest BCUT2D eigenvalue weighted by molar-refractivity contribution is 6.45. The Labute approximate surface area is 165 Å². The van der Waals surface area contributed by atoms with Gasteiger partial charge in [0.1, 0.15) is 12.3 Å². The number of carbonyl (C=O) groups is 4. The summed E-state index contributed by atoms with van der Waals surface area (Å²) in [6, 6.07) is 4.03. The smallest absolute Gasteiger partial charge is 0.387 e. The number of anilines is 1. The lowest BCUT2D eigenvalue weighted by Crippen LogP contribution is -2.46. The van der Waals surface area contributed by atoms with Gasteiger partial charge in [0.05, 0.1) is 0 Å². The van der Waals surface area contributed by atoms with Gasteiger partial charge in [0.15, 0.2) is 0 Å². The van der Waals surface area contributed by atoms with Gasteiger partial charge in [0.25, 0.3) is 0 Å². The lowest BCUT2D eigenvalue weighted by Gasteiger charge is -2.34. The summed E-state index contributed by atoms with van der Waals surface area (Å²) in [5.74, 6) is -2.61. The molecule has 156 valence electrons. The number of urea groups is 1. The Balaban J connectivity index is 1.63. The average Bonchev–Trinajstić information content (AvgIpc) is 2.87. The van der Waals surface area contributed by atoms with E-state index in [2.05, 4.69) is 10.1 Å². The highest BCUT2D eigenvalue weighted by Gasteiger charge is 2.49. The maximum atomic E-state index is 12.6. The van der Waals surface area contributed by atoms with E-state index in [-0.39, 0.29) is 23.4 Å². The average molecular weight is 409 g/mol. The largest absolute Gasteiger partial charge is 0.435 e. The summed E-state index contributed by atoms with van der Waals surface area (Å²) >= 11 is 0. The van der Waals surface area contributed by atoms with Gasteiger partial charge in [-0.15, -0.1) is 0 Å².